The maximum Gasteiger partial charge on any atom is 0.283 e. The highest BCUT2D eigenvalue weighted by Crippen LogP contribution is 2.18. The van der Waals surface area contributed by atoms with Gasteiger partial charge in [0.2, 0.25) is 0 Å². The molecule has 3 nitrogen and oxygen atoms in total. The van der Waals surface area contributed by atoms with Crippen molar-refractivity contribution >= 4 is 28.8 Å². The SMILES string of the molecule is CCc1ccccc1NC(=O)C(=S)NC1CCC1. The molecule has 2 N–H and O–H groups in total. The van der Waals surface area contributed by atoms with Gasteiger partial charge >= 0.3 is 0 Å². The molecular weight excluding hydrogens is 244 g/mol. The topological polar surface area (TPSA) is 41.1 Å². The Morgan fingerprint density at radius 2 is 2.11 bits per heavy atom. The molecule has 0 aromatic heterocycles. The minimum absolute atomic E-state index is 0.210. The summed E-state index contributed by atoms with van der Waals surface area (Å²) in [6, 6.07) is 8.20. The molecule has 1 fully saturated rings. The molecule has 0 saturated heterocycles. The highest BCUT2D eigenvalue weighted by molar-refractivity contribution is 7.82. The van der Waals surface area contributed by atoms with Crippen molar-refractivity contribution in [2.75, 3.05) is 5.32 Å². The normalized spacial score (nSPS) is 14.7. The van der Waals surface area contributed by atoms with Gasteiger partial charge in [0.25, 0.3) is 5.91 Å². The highest BCUT2D eigenvalue weighted by Gasteiger charge is 2.20. The molecule has 0 atom stereocenters. The lowest BCUT2D eigenvalue weighted by Gasteiger charge is -2.27. The molecule has 1 aliphatic rings. The van der Waals surface area contributed by atoms with E-state index in [4.69, 9.17) is 12.2 Å². The van der Waals surface area contributed by atoms with Crippen LogP contribution in [-0.2, 0) is 11.2 Å². The average Bonchev–Trinajstić information content (AvgIpc) is 2.34. The molecule has 4 heteroatoms. The van der Waals surface area contributed by atoms with Gasteiger partial charge in [-0.1, -0.05) is 37.3 Å². The minimum Gasteiger partial charge on any atom is -0.369 e. The highest BCUT2D eigenvalue weighted by atomic mass is 32.1. The van der Waals surface area contributed by atoms with Crippen molar-refractivity contribution in [2.24, 2.45) is 0 Å². The van der Waals surface area contributed by atoms with Crippen LogP contribution >= 0.6 is 12.2 Å². The van der Waals surface area contributed by atoms with Crippen molar-refractivity contribution in [1.82, 2.24) is 5.32 Å². The van der Waals surface area contributed by atoms with Gasteiger partial charge in [-0.05, 0) is 37.3 Å². The van der Waals surface area contributed by atoms with Gasteiger partial charge in [-0.3, -0.25) is 4.79 Å². The van der Waals surface area contributed by atoms with Crippen molar-refractivity contribution < 1.29 is 4.79 Å². The summed E-state index contributed by atoms with van der Waals surface area (Å²) in [6.07, 6.45) is 4.33. The van der Waals surface area contributed by atoms with Gasteiger partial charge in [-0.2, -0.15) is 0 Å². The van der Waals surface area contributed by atoms with Crippen LogP contribution in [0.5, 0.6) is 0 Å². The quantitative estimate of drug-likeness (QED) is 0.823. The first-order valence-electron chi connectivity index (χ1n) is 6.40. The minimum atomic E-state index is -0.210. The van der Waals surface area contributed by atoms with E-state index >= 15 is 0 Å². The largest absolute Gasteiger partial charge is 0.369 e. The Labute approximate surface area is 113 Å². The summed E-state index contributed by atoms with van der Waals surface area (Å²) in [6.45, 7) is 2.07. The molecule has 18 heavy (non-hydrogen) atoms. The number of carbonyl (C=O) groups is 1. The van der Waals surface area contributed by atoms with Crippen molar-refractivity contribution in [3.63, 3.8) is 0 Å². The summed E-state index contributed by atoms with van der Waals surface area (Å²) < 4.78 is 0. The van der Waals surface area contributed by atoms with Gasteiger partial charge in [0, 0.05) is 11.7 Å². The second kappa shape index (κ2) is 5.96. The fourth-order valence-electron chi connectivity index (χ4n) is 1.93. The third-order valence-electron chi connectivity index (χ3n) is 3.29. The number of amides is 1. The number of aryl methyl sites for hydroxylation is 1. The first kappa shape index (κ1) is 13.0. The number of anilines is 1. The van der Waals surface area contributed by atoms with E-state index in [1.165, 1.54) is 6.42 Å². The Balaban J connectivity index is 1.95. The molecule has 0 unspecified atom stereocenters. The van der Waals surface area contributed by atoms with Crippen LogP contribution < -0.4 is 10.6 Å². The van der Waals surface area contributed by atoms with Crippen molar-refractivity contribution in [1.29, 1.82) is 0 Å². The Hall–Kier alpha value is -1.42. The first-order valence-corrected chi connectivity index (χ1v) is 6.81. The summed E-state index contributed by atoms with van der Waals surface area (Å²) in [7, 11) is 0. The Kier molecular flexibility index (Phi) is 4.31. The standard InChI is InChI=1S/C14H18N2OS/c1-2-10-6-3-4-9-12(10)16-13(17)14(18)15-11-7-5-8-11/h3-4,6,9,11H,2,5,7-8H2,1H3,(H,15,18)(H,16,17). The monoisotopic (exact) mass is 262 g/mol. The molecule has 0 spiro atoms. The molecule has 1 amide bonds. The van der Waals surface area contributed by atoms with Crippen LogP contribution in [0.3, 0.4) is 0 Å². The Morgan fingerprint density at radius 1 is 1.39 bits per heavy atom. The number of nitrogens with one attached hydrogen (secondary N) is 2. The molecule has 1 aromatic carbocycles. The van der Waals surface area contributed by atoms with Crippen molar-refractivity contribution in [3.8, 4) is 0 Å². The Morgan fingerprint density at radius 3 is 2.72 bits per heavy atom. The van der Waals surface area contributed by atoms with Crippen molar-refractivity contribution in [3.05, 3.63) is 29.8 Å². The molecule has 0 radical (unpaired) electrons. The van der Waals surface area contributed by atoms with Crippen LogP contribution in [0, 0.1) is 0 Å². The predicted octanol–water partition coefficient (Wildman–Crippen LogP) is 2.66. The van der Waals surface area contributed by atoms with E-state index in [1.54, 1.807) is 0 Å². The summed E-state index contributed by atoms with van der Waals surface area (Å²) in [5.74, 6) is -0.210. The van der Waals surface area contributed by atoms with Crippen molar-refractivity contribution in [2.45, 2.75) is 38.6 Å². The van der Waals surface area contributed by atoms with Gasteiger partial charge < -0.3 is 10.6 Å². The molecule has 1 aromatic rings. The molecule has 0 aliphatic heterocycles. The summed E-state index contributed by atoms with van der Waals surface area (Å²) in [5.41, 5.74) is 1.97. The van der Waals surface area contributed by atoms with E-state index in [-0.39, 0.29) is 5.91 Å². The zero-order valence-electron chi connectivity index (χ0n) is 10.5. The number of carbonyl (C=O) groups excluding carboxylic acids is 1. The van der Waals surface area contributed by atoms with Crippen LogP contribution in [0.1, 0.15) is 31.7 Å². The fourth-order valence-corrected chi connectivity index (χ4v) is 2.15. The fraction of sp³-hybridized carbons (Fsp3) is 0.429. The maximum absolute atomic E-state index is 11.9. The second-order valence-corrected chi connectivity index (χ2v) is 4.97. The molecule has 2 rings (SSSR count). The lowest BCUT2D eigenvalue weighted by Crippen LogP contribution is -2.43. The number of hydrogen-bond acceptors (Lipinski definition) is 2. The van der Waals surface area contributed by atoms with E-state index in [2.05, 4.69) is 17.6 Å². The molecular formula is C14H18N2OS. The lowest BCUT2D eigenvalue weighted by molar-refractivity contribution is -0.110. The number of rotatable bonds is 3. The third kappa shape index (κ3) is 3.07. The molecule has 0 heterocycles. The molecule has 0 bridgehead atoms. The van der Waals surface area contributed by atoms with E-state index in [0.717, 1.165) is 30.5 Å². The van der Waals surface area contributed by atoms with Crippen LogP contribution in [0.25, 0.3) is 0 Å². The average molecular weight is 262 g/mol. The molecule has 1 aliphatic carbocycles. The third-order valence-corrected chi connectivity index (χ3v) is 3.60. The Bertz CT molecular complexity index is 455. The number of benzene rings is 1. The summed E-state index contributed by atoms with van der Waals surface area (Å²) in [4.78, 5) is 12.2. The smallest absolute Gasteiger partial charge is 0.283 e. The predicted molar refractivity (Wildman–Crippen MR) is 77.8 cm³/mol. The van der Waals surface area contributed by atoms with E-state index < -0.39 is 0 Å². The molecule has 96 valence electrons. The number of para-hydroxylation sites is 1. The molecule has 1 saturated carbocycles. The van der Waals surface area contributed by atoms with Gasteiger partial charge in [-0.15, -0.1) is 0 Å². The van der Waals surface area contributed by atoms with Crippen LogP contribution in [0.2, 0.25) is 0 Å². The van der Waals surface area contributed by atoms with E-state index in [0.29, 0.717) is 11.0 Å². The van der Waals surface area contributed by atoms with Gasteiger partial charge in [0.05, 0.1) is 0 Å². The van der Waals surface area contributed by atoms with Gasteiger partial charge in [0.1, 0.15) is 0 Å². The zero-order valence-corrected chi connectivity index (χ0v) is 11.3. The lowest BCUT2D eigenvalue weighted by atomic mass is 9.93. The van der Waals surface area contributed by atoms with Crippen LogP contribution in [-0.4, -0.2) is 16.9 Å². The second-order valence-electron chi connectivity index (χ2n) is 4.57. The summed E-state index contributed by atoms with van der Waals surface area (Å²) in [5, 5.41) is 5.97. The number of hydrogen-bond donors (Lipinski definition) is 2. The number of thiocarbonyl (C=S) groups is 1. The first-order chi connectivity index (χ1) is 8.70. The van der Waals surface area contributed by atoms with E-state index in [9.17, 15) is 4.79 Å². The van der Waals surface area contributed by atoms with E-state index in [1.807, 2.05) is 24.3 Å². The van der Waals surface area contributed by atoms with Crippen LogP contribution in [0.4, 0.5) is 5.69 Å². The van der Waals surface area contributed by atoms with Gasteiger partial charge in [-0.25, -0.2) is 0 Å². The summed E-state index contributed by atoms with van der Waals surface area (Å²) >= 11 is 5.11. The van der Waals surface area contributed by atoms with Gasteiger partial charge in [0.15, 0.2) is 4.99 Å². The maximum atomic E-state index is 11.9. The van der Waals surface area contributed by atoms with Crippen LogP contribution in [0.15, 0.2) is 24.3 Å². The zero-order chi connectivity index (χ0) is 13.0.